The van der Waals surface area contributed by atoms with Crippen molar-refractivity contribution >= 4 is 5.82 Å². The lowest BCUT2D eigenvalue weighted by Gasteiger charge is -2.08. The van der Waals surface area contributed by atoms with Gasteiger partial charge in [-0.25, -0.2) is 4.39 Å². The standard InChI is InChI=1S/C17H17FN4/c1-3-12-6-4-5-7-15(12)22-17(19)16(20-21-22)13-8-9-14(18)11(2)10-13/h4-10H,3,19H2,1-2H3. The van der Waals surface area contributed by atoms with Crippen molar-refractivity contribution in [2.24, 2.45) is 0 Å². The lowest BCUT2D eigenvalue weighted by Crippen LogP contribution is -2.05. The van der Waals surface area contributed by atoms with Crippen LogP contribution in [0.1, 0.15) is 18.1 Å². The average molecular weight is 296 g/mol. The topological polar surface area (TPSA) is 56.7 Å². The highest BCUT2D eigenvalue weighted by Crippen LogP contribution is 2.27. The summed E-state index contributed by atoms with van der Waals surface area (Å²) >= 11 is 0. The van der Waals surface area contributed by atoms with Crippen molar-refractivity contribution in [1.82, 2.24) is 15.0 Å². The maximum Gasteiger partial charge on any atom is 0.155 e. The van der Waals surface area contributed by atoms with Gasteiger partial charge in [0.05, 0.1) is 5.69 Å². The summed E-state index contributed by atoms with van der Waals surface area (Å²) in [6.07, 6.45) is 0.875. The molecule has 0 saturated carbocycles. The van der Waals surface area contributed by atoms with E-state index in [4.69, 9.17) is 5.73 Å². The molecule has 0 aliphatic carbocycles. The highest BCUT2D eigenvalue weighted by molar-refractivity contribution is 5.71. The zero-order chi connectivity index (χ0) is 15.7. The van der Waals surface area contributed by atoms with Gasteiger partial charge in [-0.15, -0.1) is 5.10 Å². The zero-order valence-corrected chi connectivity index (χ0v) is 12.5. The van der Waals surface area contributed by atoms with Crippen molar-refractivity contribution in [2.45, 2.75) is 20.3 Å². The minimum atomic E-state index is -0.244. The number of para-hydroxylation sites is 1. The first-order valence-corrected chi connectivity index (χ1v) is 7.17. The number of hydrogen-bond acceptors (Lipinski definition) is 3. The van der Waals surface area contributed by atoms with Crippen LogP contribution in [-0.4, -0.2) is 15.0 Å². The van der Waals surface area contributed by atoms with Gasteiger partial charge in [0.1, 0.15) is 11.5 Å². The molecule has 3 rings (SSSR count). The van der Waals surface area contributed by atoms with E-state index in [1.165, 1.54) is 6.07 Å². The van der Waals surface area contributed by atoms with Gasteiger partial charge in [0.15, 0.2) is 5.82 Å². The highest BCUT2D eigenvalue weighted by atomic mass is 19.1. The fourth-order valence-corrected chi connectivity index (χ4v) is 2.48. The number of aryl methyl sites for hydroxylation is 2. The maximum atomic E-state index is 13.4. The Morgan fingerprint density at radius 3 is 2.68 bits per heavy atom. The summed E-state index contributed by atoms with van der Waals surface area (Å²) in [6.45, 7) is 3.79. The third kappa shape index (κ3) is 2.35. The summed E-state index contributed by atoms with van der Waals surface area (Å²) in [7, 11) is 0. The molecule has 0 radical (unpaired) electrons. The molecule has 0 unspecified atom stereocenters. The van der Waals surface area contributed by atoms with E-state index in [-0.39, 0.29) is 5.82 Å². The number of aromatic nitrogens is 3. The zero-order valence-electron chi connectivity index (χ0n) is 12.5. The molecular weight excluding hydrogens is 279 g/mol. The van der Waals surface area contributed by atoms with Gasteiger partial charge in [0.2, 0.25) is 0 Å². The van der Waals surface area contributed by atoms with Crippen LogP contribution < -0.4 is 5.73 Å². The van der Waals surface area contributed by atoms with Crippen molar-refractivity contribution in [3.63, 3.8) is 0 Å². The Labute approximate surface area is 128 Å². The Balaban J connectivity index is 2.11. The van der Waals surface area contributed by atoms with Crippen molar-refractivity contribution in [2.75, 3.05) is 5.73 Å². The predicted octanol–water partition coefficient (Wildman–Crippen LogP) is 3.53. The second kappa shape index (κ2) is 5.60. The molecule has 0 amide bonds. The molecule has 0 aliphatic heterocycles. The molecule has 1 heterocycles. The van der Waals surface area contributed by atoms with Gasteiger partial charge in [0, 0.05) is 5.56 Å². The molecule has 22 heavy (non-hydrogen) atoms. The van der Waals surface area contributed by atoms with Crippen molar-refractivity contribution in [3.05, 3.63) is 59.4 Å². The van der Waals surface area contributed by atoms with E-state index in [1.807, 2.05) is 24.3 Å². The van der Waals surface area contributed by atoms with Crippen LogP contribution in [0.2, 0.25) is 0 Å². The lowest BCUT2D eigenvalue weighted by molar-refractivity contribution is 0.619. The minimum Gasteiger partial charge on any atom is -0.382 e. The summed E-state index contributed by atoms with van der Waals surface area (Å²) in [4.78, 5) is 0. The van der Waals surface area contributed by atoms with Crippen LogP contribution in [0.5, 0.6) is 0 Å². The summed E-state index contributed by atoms with van der Waals surface area (Å²) in [5.41, 5.74) is 10.2. The van der Waals surface area contributed by atoms with Gasteiger partial charge in [0.25, 0.3) is 0 Å². The molecular formula is C17H17FN4. The average Bonchev–Trinajstić information content (AvgIpc) is 2.91. The van der Waals surface area contributed by atoms with Crippen LogP contribution in [0.4, 0.5) is 10.2 Å². The normalized spacial score (nSPS) is 10.9. The molecule has 2 N–H and O–H groups in total. The molecule has 0 spiro atoms. The number of hydrogen-bond donors (Lipinski definition) is 1. The monoisotopic (exact) mass is 296 g/mol. The molecule has 0 bridgehead atoms. The highest BCUT2D eigenvalue weighted by Gasteiger charge is 2.15. The minimum absolute atomic E-state index is 0.244. The van der Waals surface area contributed by atoms with E-state index >= 15 is 0 Å². The fraction of sp³-hybridized carbons (Fsp3) is 0.176. The molecule has 5 heteroatoms. The van der Waals surface area contributed by atoms with E-state index in [1.54, 1.807) is 23.7 Å². The van der Waals surface area contributed by atoms with E-state index in [2.05, 4.69) is 17.2 Å². The van der Waals surface area contributed by atoms with Crippen LogP contribution in [0, 0.1) is 12.7 Å². The first kappa shape index (κ1) is 14.3. The summed E-state index contributed by atoms with van der Waals surface area (Å²) in [6, 6.07) is 12.7. The van der Waals surface area contributed by atoms with Crippen LogP contribution in [0.3, 0.4) is 0 Å². The predicted molar refractivity (Wildman–Crippen MR) is 85.3 cm³/mol. The first-order chi connectivity index (χ1) is 10.6. The number of nitrogens with zero attached hydrogens (tertiary/aromatic N) is 3. The molecule has 112 valence electrons. The fourth-order valence-electron chi connectivity index (χ4n) is 2.48. The third-order valence-electron chi connectivity index (χ3n) is 3.74. The number of halogens is 1. The van der Waals surface area contributed by atoms with E-state index in [9.17, 15) is 4.39 Å². The molecule has 0 fully saturated rings. The molecule has 4 nitrogen and oxygen atoms in total. The van der Waals surface area contributed by atoms with Crippen LogP contribution in [0.15, 0.2) is 42.5 Å². The number of nitrogen functional groups attached to an aromatic ring is 1. The van der Waals surface area contributed by atoms with Crippen molar-refractivity contribution < 1.29 is 4.39 Å². The first-order valence-electron chi connectivity index (χ1n) is 7.17. The molecule has 2 aromatic carbocycles. The Bertz CT molecular complexity index is 823. The maximum absolute atomic E-state index is 13.4. The quantitative estimate of drug-likeness (QED) is 0.804. The van der Waals surface area contributed by atoms with Crippen LogP contribution in [0.25, 0.3) is 16.9 Å². The Morgan fingerprint density at radius 2 is 1.95 bits per heavy atom. The number of nitrogens with two attached hydrogens (primary N) is 1. The van der Waals surface area contributed by atoms with Gasteiger partial charge in [-0.2, -0.15) is 4.68 Å². The molecule has 0 atom stereocenters. The summed E-state index contributed by atoms with van der Waals surface area (Å²) in [5, 5.41) is 8.35. The Hall–Kier alpha value is -2.69. The van der Waals surface area contributed by atoms with E-state index < -0.39 is 0 Å². The van der Waals surface area contributed by atoms with Gasteiger partial charge >= 0.3 is 0 Å². The number of anilines is 1. The smallest absolute Gasteiger partial charge is 0.155 e. The SMILES string of the molecule is CCc1ccccc1-n1nnc(-c2ccc(F)c(C)c2)c1N. The van der Waals surface area contributed by atoms with Gasteiger partial charge in [-0.3, -0.25) is 0 Å². The third-order valence-corrected chi connectivity index (χ3v) is 3.74. The molecule has 0 aliphatic rings. The second-order valence-electron chi connectivity index (χ2n) is 5.18. The Morgan fingerprint density at radius 1 is 1.18 bits per heavy atom. The van der Waals surface area contributed by atoms with Crippen LogP contribution >= 0.6 is 0 Å². The summed E-state index contributed by atoms with van der Waals surface area (Å²) < 4.78 is 15.0. The van der Waals surface area contributed by atoms with Crippen molar-refractivity contribution in [3.8, 4) is 16.9 Å². The Kier molecular flexibility index (Phi) is 3.63. The molecule has 1 aromatic heterocycles. The van der Waals surface area contributed by atoms with Gasteiger partial charge in [-0.05, 0) is 48.7 Å². The molecule has 3 aromatic rings. The summed E-state index contributed by atoms with van der Waals surface area (Å²) in [5.74, 6) is 0.206. The lowest BCUT2D eigenvalue weighted by atomic mass is 10.1. The van der Waals surface area contributed by atoms with Crippen LogP contribution in [-0.2, 0) is 6.42 Å². The molecule has 0 saturated heterocycles. The van der Waals surface area contributed by atoms with Gasteiger partial charge in [-0.1, -0.05) is 30.3 Å². The second-order valence-corrected chi connectivity index (χ2v) is 5.18. The number of rotatable bonds is 3. The van der Waals surface area contributed by atoms with Gasteiger partial charge < -0.3 is 5.73 Å². The van der Waals surface area contributed by atoms with E-state index in [0.29, 0.717) is 17.1 Å². The number of benzene rings is 2. The van der Waals surface area contributed by atoms with E-state index in [0.717, 1.165) is 23.2 Å². The van der Waals surface area contributed by atoms with Crippen molar-refractivity contribution in [1.29, 1.82) is 0 Å². The largest absolute Gasteiger partial charge is 0.382 e.